The molecule has 4 rings (SSSR count). The van der Waals surface area contributed by atoms with Gasteiger partial charge in [-0.05, 0) is 37.0 Å². The number of hydrogen-bond acceptors (Lipinski definition) is 4. The molecule has 0 saturated carbocycles. The third kappa shape index (κ3) is 3.83. The fraction of sp³-hybridized carbons (Fsp3) is 0.286. The van der Waals surface area contributed by atoms with Crippen molar-refractivity contribution < 1.29 is 4.79 Å². The molecule has 0 radical (unpaired) electrons. The lowest BCUT2D eigenvalue weighted by molar-refractivity contribution is -0.131. The zero-order valence-corrected chi connectivity index (χ0v) is 15.4. The number of hydrogen-bond donors (Lipinski definition) is 0. The van der Waals surface area contributed by atoms with E-state index in [1.165, 1.54) is 5.56 Å². The first-order valence-corrected chi connectivity index (χ1v) is 9.86. The van der Waals surface area contributed by atoms with Crippen LogP contribution >= 0.6 is 11.3 Å². The molecule has 4 nitrogen and oxygen atoms in total. The van der Waals surface area contributed by atoms with Crippen LogP contribution in [0, 0.1) is 0 Å². The van der Waals surface area contributed by atoms with E-state index in [1.54, 1.807) is 23.7 Å². The molecule has 0 N–H and O–H groups in total. The van der Waals surface area contributed by atoms with E-state index in [0.29, 0.717) is 12.5 Å². The molecule has 3 heterocycles. The maximum Gasteiger partial charge on any atom is 0.228 e. The molecule has 0 spiro atoms. The van der Waals surface area contributed by atoms with Gasteiger partial charge in [0.05, 0.1) is 12.1 Å². The lowest BCUT2D eigenvalue weighted by atomic mass is 10.0. The van der Waals surface area contributed by atoms with E-state index in [4.69, 9.17) is 0 Å². The highest BCUT2D eigenvalue weighted by atomic mass is 32.1. The van der Waals surface area contributed by atoms with Crippen LogP contribution in [-0.2, 0) is 17.6 Å². The normalized spacial score (nSPS) is 16.8. The van der Waals surface area contributed by atoms with Crippen LogP contribution in [0.5, 0.6) is 0 Å². The molecule has 1 saturated heterocycles. The van der Waals surface area contributed by atoms with Crippen molar-refractivity contribution in [3.8, 4) is 10.6 Å². The first-order chi connectivity index (χ1) is 12.8. The highest BCUT2D eigenvalue weighted by Gasteiger charge is 2.29. The number of carbonyl (C=O) groups excluding carboxylic acids is 1. The summed E-state index contributed by atoms with van der Waals surface area (Å²) in [6.07, 6.45) is 7.04. The molecule has 5 heteroatoms. The number of nitrogens with zero attached hydrogens (tertiary/aromatic N) is 3. The van der Waals surface area contributed by atoms with Gasteiger partial charge in [-0.1, -0.05) is 30.3 Å². The summed E-state index contributed by atoms with van der Waals surface area (Å²) >= 11 is 1.57. The van der Waals surface area contributed by atoms with Crippen molar-refractivity contribution in [1.82, 2.24) is 14.9 Å². The molecule has 1 aromatic carbocycles. The van der Waals surface area contributed by atoms with Gasteiger partial charge in [0.25, 0.3) is 0 Å². The summed E-state index contributed by atoms with van der Waals surface area (Å²) < 4.78 is 0. The molecule has 132 valence electrons. The molecule has 3 aromatic rings. The van der Waals surface area contributed by atoms with Crippen molar-refractivity contribution in [2.45, 2.75) is 31.7 Å². The van der Waals surface area contributed by atoms with E-state index in [2.05, 4.69) is 39.1 Å². The number of rotatable bonds is 5. The van der Waals surface area contributed by atoms with E-state index < -0.39 is 0 Å². The number of thiazole rings is 1. The summed E-state index contributed by atoms with van der Waals surface area (Å²) in [6, 6.07) is 14.6. The van der Waals surface area contributed by atoms with Gasteiger partial charge in [0.2, 0.25) is 5.91 Å². The Bertz CT molecular complexity index is 863. The van der Waals surface area contributed by atoms with Gasteiger partial charge >= 0.3 is 0 Å². The number of likely N-dealkylation sites (tertiary alicyclic amines) is 1. The minimum absolute atomic E-state index is 0.187. The maximum atomic E-state index is 12.8. The first-order valence-electron chi connectivity index (χ1n) is 8.98. The first kappa shape index (κ1) is 16.9. The SMILES string of the molecule is O=C(Cc1csc(-c2cccnc2)n1)N1CCCC1Cc1ccccc1. The predicted molar refractivity (Wildman–Crippen MR) is 104 cm³/mol. The van der Waals surface area contributed by atoms with Gasteiger partial charge in [-0.3, -0.25) is 9.78 Å². The fourth-order valence-electron chi connectivity index (χ4n) is 3.53. The molecule has 1 atom stereocenters. The van der Waals surface area contributed by atoms with Crippen molar-refractivity contribution in [1.29, 1.82) is 0 Å². The number of amides is 1. The van der Waals surface area contributed by atoms with E-state index >= 15 is 0 Å². The van der Waals surface area contributed by atoms with E-state index in [0.717, 1.165) is 42.1 Å². The average molecular weight is 363 g/mol. The Labute approximate surface area is 157 Å². The second-order valence-corrected chi connectivity index (χ2v) is 7.49. The van der Waals surface area contributed by atoms with Crippen LogP contribution in [0.2, 0.25) is 0 Å². The Balaban J connectivity index is 1.42. The quantitative estimate of drug-likeness (QED) is 0.689. The Morgan fingerprint density at radius 2 is 2.08 bits per heavy atom. The summed E-state index contributed by atoms with van der Waals surface area (Å²) in [6.45, 7) is 0.857. The van der Waals surface area contributed by atoms with E-state index in [9.17, 15) is 4.79 Å². The van der Waals surface area contributed by atoms with Crippen LogP contribution in [-0.4, -0.2) is 33.4 Å². The molecule has 0 aliphatic carbocycles. The highest BCUT2D eigenvalue weighted by molar-refractivity contribution is 7.13. The van der Waals surface area contributed by atoms with E-state index in [1.807, 2.05) is 23.6 Å². The van der Waals surface area contributed by atoms with Crippen molar-refractivity contribution >= 4 is 17.2 Å². The third-order valence-electron chi connectivity index (χ3n) is 4.80. The van der Waals surface area contributed by atoms with Gasteiger partial charge in [-0.25, -0.2) is 4.98 Å². The standard InChI is InChI=1S/C21H21N3OS/c25-20(13-18-15-26-21(23-18)17-8-4-10-22-14-17)24-11-5-9-19(24)12-16-6-2-1-3-7-16/h1-4,6-8,10,14-15,19H,5,9,11-13H2. The van der Waals surface area contributed by atoms with Crippen LogP contribution in [0.1, 0.15) is 24.1 Å². The predicted octanol–water partition coefficient (Wildman–Crippen LogP) is 3.98. The molecule has 1 unspecified atom stereocenters. The van der Waals surface area contributed by atoms with Gasteiger partial charge in [0.1, 0.15) is 5.01 Å². The Morgan fingerprint density at radius 1 is 1.19 bits per heavy atom. The largest absolute Gasteiger partial charge is 0.339 e. The molecular formula is C21H21N3OS. The highest BCUT2D eigenvalue weighted by Crippen LogP contribution is 2.25. The number of carbonyl (C=O) groups is 1. The average Bonchev–Trinajstić information content (AvgIpc) is 3.33. The molecule has 26 heavy (non-hydrogen) atoms. The fourth-order valence-corrected chi connectivity index (χ4v) is 4.34. The second kappa shape index (κ2) is 7.79. The lowest BCUT2D eigenvalue weighted by Crippen LogP contribution is -2.37. The van der Waals surface area contributed by atoms with Crippen LogP contribution in [0.4, 0.5) is 0 Å². The summed E-state index contributed by atoms with van der Waals surface area (Å²) in [7, 11) is 0. The summed E-state index contributed by atoms with van der Waals surface area (Å²) in [5, 5.41) is 2.91. The van der Waals surface area contributed by atoms with Gasteiger partial charge in [0, 0.05) is 35.9 Å². The summed E-state index contributed by atoms with van der Waals surface area (Å²) in [4.78, 5) is 23.7. The smallest absolute Gasteiger partial charge is 0.228 e. The lowest BCUT2D eigenvalue weighted by Gasteiger charge is -2.24. The molecule has 1 aliphatic rings. The van der Waals surface area contributed by atoms with Crippen molar-refractivity contribution in [3.05, 3.63) is 71.5 Å². The number of aromatic nitrogens is 2. The molecule has 2 aromatic heterocycles. The zero-order valence-electron chi connectivity index (χ0n) is 14.5. The zero-order chi connectivity index (χ0) is 17.8. The number of pyridine rings is 1. The van der Waals surface area contributed by atoms with E-state index in [-0.39, 0.29) is 5.91 Å². The van der Waals surface area contributed by atoms with Gasteiger partial charge < -0.3 is 4.90 Å². The molecular weight excluding hydrogens is 342 g/mol. The van der Waals surface area contributed by atoms with Crippen molar-refractivity contribution in [2.75, 3.05) is 6.54 Å². The minimum Gasteiger partial charge on any atom is -0.339 e. The molecule has 1 aliphatic heterocycles. The van der Waals surface area contributed by atoms with Crippen LogP contribution in [0.15, 0.2) is 60.2 Å². The Hall–Kier alpha value is -2.53. The molecule has 1 fully saturated rings. The summed E-state index contributed by atoms with van der Waals surface area (Å²) in [5.41, 5.74) is 3.15. The van der Waals surface area contributed by atoms with Crippen molar-refractivity contribution in [3.63, 3.8) is 0 Å². The minimum atomic E-state index is 0.187. The van der Waals surface area contributed by atoms with Gasteiger partial charge in [-0.15, -0.1) is 11.3 Å². The molecule has 1 amide bonds. The Morgan fingerprint density at radius 3 is 2.88 bits per heavy atom. The summed E-state index contributed by atoms with van der Waals surface area (Å²) in [5.74, 6) is 0.187. The maximum absolute atomic E-state index is 12.8. The van der Waals surface area contributed by atoms with Crippen LogP contribution in [0.3, 0.4) is 0 Å². The van der Waals surface area contributed by atoms with Crippen LogP contribution < -0.4 is 0 Å². The second-order valence-electron chi connectivity index (χ2n) is 6.64. The third-order valence-corrected chi connectivity index (χ3v) is 5.74. The van der Waals surface area contributed by atoms with Crippen LogP contribution in [0.25, 0.3) is 10.6 Å². The van der Waals surface area contributed by atoms with Crippen molar-refractivity contribution in [2.24, 2.45) is 0 Å². The van der Waals surface area contributed by atoms with Gasteiger partial charge in [-0.2, -0.15) is 0 Å². The molecule has 0 bridgehead atoms. The van der Waals surface area contributed by atoms with Gasteiger partial charge in [0.15, 0.2) is 0 Å². The monoisotopic (exact) mass is 363 g/mol. The number of benzene rings is 1. The Kier molecular flexibility index (Phi) is 5.07. The topological polar surface area (TPSA) is 46.1 Å².